The summed E-state index contributed by atoms with van der Waals surface area (Å²) in [5, 5.41) is 0. The van der Waals surface area contributed by atoms with E-state index >= 15 is 0 Å². The zero-order valence-electron chi connectivity index (χ0n) is 7.43. The van der Waals surface area contributed by atoms with Crippen molar-refractivity contribution in [3.63, 3.8) is 0 Å². The minimum Gasteiger partial charge on any atom is -0.459 e. The molecule has 72 valence electrons. The highest BCUT2D eigenvalue weighted by atomic mass is 16.6. The summed E-state index contributed by atoms with van der Waals surface area (Å²) in [5.41, 5.74) is 0. The van der Waals surface area contributed by atoms with Crippen molar-refractivity contribution in [1.29, 1.82) is 0 Å². The van der Waals surface area contributed by atoms with Crippen LogP contribution in [0.2, 0.25) is 0 Å². The molecule has 0 saturated carbocycles. The van der Waals surface area contributed by atoms with Crippen LogP contribution in [0.1, 0.15) is 13.3 Å². The lowest BCUT2D eigenvalue weighted by atomic mass is 10.1. The van der Waals surface area contributed by atoms with E-state index in [1.165, 1.54) is 6.92 Å². The minimum atomic E-state index is -0.646. The van der Waals surface area contributed by atoms with Gasteiger partial charge in [0.05, 0.1) is 6.10 Å². The highest BCUT2D eigenvalue weighted by molar-refractivity contribution is 5.67. The van der Waals surface area contributed by atoms with Crippen LogP contribution in [0.15, 0.2) is 12.7 Å². The molecule has 0 amide bonds. The summed E-state index contributed by atoms with van der Waals surface area (Å²) in [5.74, 6) is -0.398. The Kier molecular flexibility index (Phi) is 3.19. The summed E-state index contributed by atoms with van der Waals surface area (Å²) in [7, 11) is 0. The second-order valence-electron chi connectivity index (χ2n) is 2.89. The van der Waals surface area contributed by atoms with Crippen LogP contribution in [0.3, 0.4) is 0 Å². The van der Waals surface area contributed by atoms with Gasteiger partial charge in [-0.1, -0.05) is 6.08 Å². The Bertz CT molecular complexity index is 224. The zero-order valence-corrected chi connectivity index (χ0v) is 7.43. The Balaban J connectivity index is 2.57. The third-order valence-corrected chi connectivity index (χ3v) is 1.88. The van der Waals surface area contributed by atoms with E-state index in [-0.39, 0.29) is 6.10 Å². The Morgan fingerprint density at radius 1 is 1.69 bits per heavy atom. The minimum absolute atomic E-state index is 0.195. The predicted octanol–water partition coefficient (Wildman–Crippen LogP) is 0.460. The molecular formula is C9H12O4. The number of rotatable bonds is 3. The first-order chi connectivity index (χ1) is 6.17. The molecule has 1 aliphatic heterocycles. The molecule has 0 bridgehead atoms. The van der Waals surface area contributed by atoms with Crippen LogP contribution in [-0.2, 0) is 19.1 Å². The topological polar surface area (TPSA) is 52.6 Å². The van der Waals surface area contributed by atoms with Crippen LogP contribution in [-0.4, -0.2) is 30.6 Å². The van der Waals surface area contributed by atoms with E-state index in [0.717, 1.165) is 0 Å². The maximum atomic E-state index is 10.6. The van der Waals surface area contributed by atoms with Crippen LogP contribution < -0.4 is 0 Å². The summed E-state index contributed by atoms with van der Waals surface area (Å²) < 4.78 is 10.1. The molecule has 4 nitrogen and oxygen atoms in total. The number of ether oxygens (including phenoxy) is 2. The van der Waals surface area contributed by atoms with E-state index in [4.69, 9.17) is 9.47 Å². The van der Waals surface area contributed by atoms with Crippen molar-refractivity contribution < 1.29 is 19.1 Å². The summed E-state index contributed by atoms with van der Waals surface area (Å²) in [6.07, 6.45) is 1.45. The SMILES string of the molecule is C=C[C@@H]1C[C@@H](OC(C)=O)[C@@H](C=O)O1. The molecule has 0 aromatic heterocycles. The fraction of sp³-hybridized carbons (Fsp3) is 0.556. The van der Waals surface area contributed by atoms with Crippen LogP contribution in [0, 0.1) is 0 Å². The molecule has 0 aliphatic carbocycles. The average Bonchev–Trinajstić information content (AvgIpc) is 2.46. The summed E-state index contributed by atoms with van der Waals surface area (Å²) in [4.78, 5) is 21.1. The molecule has 0 spiro atoms. The van der Waals surface area contributed by atoms with Gasteiger partial charge < -0.3 is 14.3 Å². The summed E-state index contributed by atoms with van der Waals surface area (Å²) >= 11 is 0. The normalized spacial score (nSPS) is 32.5. The first kappa shape index (κ1) is 9.92. The highest BCUT2D eigenvalue weighted by Gasteiger charge is 2.35. The van der Waals surface area contributed by atoms with Crippen molar-refractivity contribution in [3.8, 4) is 0 Å². The van der Waals surface area contributed by atoms with Gasteiger partial charge in [0, 0.05) is 13.3 Å². The number of hydrogen-bond donors (Lipinski definition) is 0. The van der Waals surface area contributed by atoms with Crippen LogP contribution >= 0.6 is 0 Å². The molecular weight excluding hydrogens is 172 g/mol. The molecule has 0 aromatic carbocycles. The van der Waals surface area contributed by atoms with Crippen LogP contribution in [0.25, 0.3) is 0 Å². The van der Waals surface area contributed by atoms with Gasteiger partial charge in [-0.3, -0.25) is 4.79 Å². The van der Waals surface area contributed by atoms with Gasteiger partial charge in [0.1, 0.15) is 6.10 Å². The van der Waals surface area contributed by atoms with Crippen molar-refractivity contribution in [3.05, 3.63) is 12.7 Å². The van der Waals surface area contributed by atoms with Gasteiger partial charge in [-0.15, -0.1) is 6.58 Å². The van der Waals surface area contributed by atoms with E-state index in [1.54, 1.807) is 6.08 Å². The summed E-state index contributed by atoms with van der Waals surface area (Å²) in [6, 6.07) is 0. The lowest BCUT2D eigenvalue weighted by molar-refractivity contribution is -0.149. The maximum absolute atomic E-state index is 10.6. The Morgan fingerprint density at radius 2 is 2.38 bits per heavy atom. The second-order valence-corrected chi connectivity index (χ2v) is 2.89. The van der Waals surface area contributed by atoms with Crippen molar-refractivity contribution in [2.24, 2.45) is 0 Å². The Labute approximate surface area is 76.5 Å². The molecule has 1 fully saturated rings. The fourth-order valence-corrected chi connectivity index (χ4v) is 1.31. The highest BCUT2D eigenvalue weighted by Crippen LogP contribution is 2.22. The lowest BCUT2D eigenvalue weighted by Crippen LogP contribution is -2.27. The van der Waals surface area contributed by atoms with E-state index < -0.39 is 18.2 Å². The number of esters is 1. The monoisotopic (exact) mass is 184 g/mol. The number of carbonyl (C=O) groups excluding carboxylic acids is 2. The van der Waals surface area contributed by atoms with E-state index in [0.29, 0.717) is 12.7 Å². The molecule has 3 atom stereocenters. The van der Waals surface area contributed by atoms with Gasteiger partial charge >= 0.3 is 5.97 Å². The van der Waals surface area contributed by atoms with Crippen molar-refractivity contribution >= 4 is 12.3 Å². The lowest BCUT2D eigenvalue weighted by Gasteiger charge is -2.11. The van der Waals surface area contributed by atoms with Crippen molar-refractivity contribution in [2.45, 2.75) is 31.7 Å². The first-order valence-electron chi connectivity index (χ1n) is 4.08. The maximum Gasteiger partial charge on any atom is 0.303 e. The molecule has 0 aromatic rings. The second kappa shape index (κ2) is 4.18. The molecule has 0 radical (unpaired) electrons. The molecule has 4 heteroatoms. The Hall–Kier alpha value is -1.16. The third-order valence-electron chi connectivity index (χ3n) is 1.88. The molecule has 1 heterocycles. The number of hydrogen-bond acceptors (Lipinski definition) is 4. The average molecular weight is 184 g/mol. The van der Waals surface area contributed by atoms with Gasteiger partial charge in [-0.05, 0) is 0 Å². The van der Waals surface area contributed by atoms with Crippen molar-refractivity contribution in [2.75, 3.05) is 0 Å². The molecule has 0 N–H and O–H groups in total. The standard InChI is InChI=1S/C9H12O4/c1-3-7-4-8(12-6(2)11)9(5-10)13-7/h3,5,7-9H,1,4H2,2H3/t7-,8-,9-/m1/s1. The fourth-order valence-electron chi connectivity index (χ4n) is 1.31. The molecule has 0 unspecified atom stereocenters. The largest absolute Gasteiger partial charge is 0.459 e. The smallest absolute Gasteiger partial charge is 0.303 e. The zero-order chi connectivity index (χ0) is 9.84. The molecule has 13 heavy (non-hydrogen) atoms. The molecule has 1 aliphatic rings. The molecule has 1 saturated heterocycles. The van der Waals surface area contributed by atoms with E-state index in [9.17, 15) is 9.59 Å². The van der Waals surface area contributed by atoms with Gasteiger partial charge in [-0.2, -0.15) is 0 Å². The van der Waals surface area contributed by atoms with E-state index in [2.05, 4.69) is 6.58 Å². The van der Waals surface area contributed by atoms with Gasteiger partial charge in [0.2, 0.25) is 0 Å². The Morgan fingerprint density at radius 3 is 2.85 bits per heavy atom. The van der Waals surface area contributed by atoms with Crippen LogP contribution in [0.4, 0.5) is 0 Å². The van der Waals surface area contributed by atoms with Crippen molar-refractivity contribution in [1.82, 2.24) is 0 Å². The number of carbonyl (C=O) groups is 2. The predicted molar refractivity (Wildman–Crippen MR) is 45.1 cm³/mol. The van der Waals surface area contributed by atoms with Crippen LogP contribution in [0.5, 0.6) is 0 Å². The number of aldehydes is 1. The third kappa shape index (κ3) is 2.39. The molecule has 1 rings (SSSR count). The first-order valence-corrected chi connectivity index (χ1v) is 4.08. The quantitative estimate of drug-likeness (QED) is 0.363. The van der Waals surface area contributed by atoms with Gasteiger partial charge in [-0.25, -0.2) is 0 Å². The van der Waals surface area contributed by atoms with E-state index in [1.807, 2.05) is 0 Å². The van der Waals surface area contributed by atoms with Gasteiger partial charge in [0.15, 0.2) is 12.4 Å². The van der Waals surface area contributed by atoms with Gasteiger partial charge in [0.25, 0.3) is 0 Å². The summed E-state index contributed by atoms with van der Waals surface area (Å²) in [6.45, 7) is 4.85.